The molecule has 0 saturated heterocycles. The monoisotopic (exact) mass is 266 g/mol. The molecule has 3 heteroatoms. The van der Waals surface area contributed by atoms with E-state index in [1.807, 2.05) is 0 Å². The normalized spacial score (nSPS) is 16.0. The molecular weight excluding hydrogens is 258 g/mol. The highest BCUT2D eigenvalue weighted by Crippen LogP contribution is 2.29. The number of hydrogen-bond acceptors (Lipinski definition) is 1. The first-order chi connectivity index (χ1) is 5.02. The van der Waals surface area contributed by atoms with Gasteiger partial charge in [-0.15, -0.1) is 0 Å². The first-order valence-corrected chi connectivity index (χ1v) is 4.26. The Morgan fingerprint density at radius 1 is 1.45 bits per heavy atom. The van der Waals surface area contributed by atoms with Gasteiger partial charge in [0.05, 0.1) is 0 Å². The second-order valence-electron chi connectivity index (χ2n) is 2.43. The van der Waals surface area contributed by atoms with Crippen LogP contribution in [0.25, 0.3) is 0 Å². The molecule has 0 aliphatic heterocycles. The molecule has 11 heavy (non-hydrogen) atoms. The lowest BCUT2D eigenvalue weighted by Crippen LogP contribution is -2.12. The van der Waals surface area contributed by atoms with E-state index < -0.39 is 3.61 Å². The maximum absolute atomic E-state index is 12.9. The van der Waals surface area contributed by atoms with E-state index in [0.29, 0.717) is 5.56 Å². The average Bonchev–Trinajstić information content (AvgIpc) is 1.86. The minimum Gasteiger partial charge on any atom is -0.376 e. The van der Waals surface area contributed by atoms with Gasteiger partial charge >= 0.3 is 0 Å². The molecule has 0 bridgehead atoms. The van der Waals surface area contributed by atoms with Crippen molar-refractivity contribution in [3.05, 3.63) is 35.6 Å². The first kappa shape index (κ1) is 8.93. The van der Waals surface area contributed by atoms with Crippen LogP contribution in [0, 0.1) is 5.82 Å². The number of benzene rings is 1. The molecule has 1 atom stereocenters. The molecule has 0 spiro atoms. The van der Waals surface area contributed by atoms with Crippen molar-refractivity contribution < 1.29 is 9.50 Å². The summed E-state index contributed by atoms with van der Waals surface area (Å²) in [5.41, 5.74) is 0.320. The van der Waals surface area contributed by atoms with E-state index in [1.54, 1.807) is 47.7 Å². The summed E-state index contributed by atoms with van der Waals surface area (Å²) in [7, 11) is 0. The van der Waals surface area contributed by atoms with E-state index in [1.165, 1.54) is 6.07 Å². The number of halogens is 2. The van der Waals surface area contributed by atoms with Crippen molar-refractivity contribution in [2.75, 3.05) is 0 Å². The maximum Gasteiger partial charge on any atom is 0.141 e. The van der Waals surface area contributed by atoms with Crippen LogP contribution in [0.1, 0.15) is 12.5 Å². The van der Waals surface area contributed by atoms with Gasteiger partial charge in [0.2, 0.25) is 0 Å². The molecule has 1 nitrogen and oxygen atoms in total. The Balaban J connectivity index is 3.14. The fourth-order valence-electron chi connectivity index (χ4n) is 0.831. The van der Waals surface area contributed by atoms with E-state index in [0.717, 1.165) is 0 Å². The fourth-order valence-corrected chi connectivity index (χ4v) is 1.27. The van der Waals surface area contributed by atoms with Crippen molar-refractivity contribution in [2.24, 2.45) is 0 Å². The Kier molecular flexibility index (Phi) is 2.49. The zero-order valence-corrected chi connectivity index (χ0v) is 8.17. The molecule has 1 aromatic rings. The van der Waals surface area contributed by atoms with Gasteiger partial charge in [-0.05, 0) is 35.6 Å². The van der Waals surface area contributed by atoms with E-state index in [2.05, 4.69) is 0 Å². The van der Waals surface area contributed by atoms with Crippen LogP contribution in [0.4, 0.5) is 4.39 Å². The van der Waals surface area contributed by atoms with Gasteiger partial charge in [-0.3, -0.25) is 0 Å². The topological polar surface area (TPSA) is 20.2 Å². The molecule has 1 aromatic carbocycles. The van der Waals surface area contributed by atoms with Crippen LogP contribution in [0.3, 0.4) is 0 Å². The van der Waals surface area contributed by atoms with E-state index in [-0.39, 0.29) is 5.82 Å². The molecule has 0 saturated carbocycles. The van der Waals surface area contributed by atoms with Crippen LogP contribution in [0.5, 0.6) is 0 Å². The molecule has 0 aliphatic carbocycles. The summed E-state index contributed by atoms with van der Waals surface area (Å²) in [5.74, 6) is -0.369. The van der Waals surface area contributed by atoms with Crippen LogP contribution < -0.4 is 0 Å². The predicted octanol–water partition coefficient (Wildman–Crippen LogP) is 2.43. The third-order valence-corrected chi connectivity index (χ3v) is 1.95. The van der Waals surface area contributed by atoms with Crippen molar-refractivity contribution in [3.8, 4) is 0 Å². The quantitative estimate of drug-likeness (QED) is 0.611. The zero-order valence-electron chi connectivity index (χ0n) is 6.01. The number of hydrogen-bond donors (Lipinski definition) is 1. The second kappa shape index (κ2) is 3.06. The van der Waals surface area contributed by atoms with Gasteiger partial charge in [-0.25, -0.2) is 4.39 Å². The third kappa shape index (κ3) is 2.13. The van der Waals surface area contributed by atoms with Crippen molar-refractivity contribution in [1.82, 2.24) is 0 Å². The van der Waals surface area contributed by atoms with Gasteiger partial charge in [0.1, 0.15) is 9.43 Å². The number of alkyl halides is 1. The van der Waals surface area contributed by atoms with Gasteiger partial charge in [0.25, 0.3) is 0 Å². The van der Waals surface area contributed by atoms with E-state index in [9.17, 15) is 9.50 Å². The number of aliphatic hydroxyl groups is 1. The summed E-state index contributed by atoms with van der Waals surface area (Å²) in [6, 6.07) is 6.21. The van der Waals surface area contributed by atoms with Crippen LogP contribution in [-0.2, 0) is 3.61 Å². The van der Waals surface area contributed by atoms with E-state index in [4.69, 9.17) is 0 Å². The lowest BCUT2D eigenvalue weighted by atomic mass is 10.1. The summed E-state index contributed by atoms with van der Waals surface area (Å²) in [6.07, 6.45) is 0. The molecule has 0 heterocycles. The number of rotatable bonds is 1. The highest BCUT2D eigenvalue weighted by molar-refractivity contribution is 14.1. The molecule has 1 rings (SSSR count). The smallest absolute Gasteiger partial charge is 0.141 e. The predicted molar refractivity (Wildman–Crippen MR) is 50.0 cm³/mol. The Labute approximate surface area is 78.4 Å². The molecule has 0 aliphatic rings. The van der Waals surface area contributed by atoms with Gasteiger partial charge in [0.15, 0.2) is 0 Å². The van der Waals surface area contributed by atoms with Crippen molar-refractivity contribution in [2.45, 2.75) is 10.5 Å². The van der Waals surface area contributed by atoms with E-state index >= 15 is 0 Å². The molecular formula is C8H8FIO. The van der Waals surface area contributed by atoms with Gasteiger partial charge in [-0.1, -0.05) is 18.2 Å². The highest BCUT2D eigenvalue weighted by atomic mass is 127. The third-order valence-electron chi connectivity index (χ3n) is 1.37. The highest BCUT2D eigenvalue weighted by Gasteiger charge is 2.21. The lowest BCUT2D eigenvalue weighted by Gasteiger charge is -2.15. The minimum absolute atomic E-state index is 0.320. The second-order valence-corrected chi connectivity index (χ2v) is 4.53. The van der Waals surface area contributed by atoms with Crippen molar-refractivity contribution in [3.63, 3.8) is 0 Å². The summed E-state index contributed by atoms with van der Waals surface area (Å²) >= 11 is 1.78. The Hall–Kier alpha value is -0.160. The SMILES string of the molecule is C[C@@](O)(I)c1ccccc1F. The molecule has 0 unspecified atom stereocenters. The van der Waals surface area contributed by atoms with Gasteiger partial charge in [-0.2, -0.15) is 0 Å². The van der Waals surface area contributed by atoms with Crippen LogP contribution >= 0.6 is 22.6 Å². The van der Waals surface area contributed by atoms with Crippen molar-refractivity contribution in [1.29, 1.82) is 0 Å². The molecule has 1 N–H and O–H groups in total. The Morgan fingerprint density at radius 2 is 2.00 bits per heavy atom. The van der Waals surface area contributed by atoms with Gasteiger partial charge in [0, 0.05) is 5.56 Å². The van der Waals surface area contributed by atoms with Crippen LogP contribution in [-0.4, -0.2) is 5.11 Å². The molecule has 0 fully saturated rings. The fraction of sp³-hybridized carbons (Fsp3) is 0.250. The summed E-state index contributed by atoms with van der Waals surface area (Å²) in [5, 5.41) is 9.42. The molecule has 0 radical (unpaired) electrons. The summed E-state index contributed by atoms with van der Waals surface area (Å²) in [6.45, 7) is 1.55. The summed E-state index contributed by atoms with van der Waals surface area (Å²) < 4.78 is 11.8. The standard InChI is InChI=1S/C8H8FIO/c1-8(10,11)6-4-2-3-5-7(6)9/h2-5,11H,1H3/t8-/m0/s1. The minimum atomic E-state index is -1.12. The molecule has 0 aromatic heterocycles. The maximum atomic E-state index is 12.9. The Morgan fingerprint density at radius 3 is 2.36 bits per heavy atom. The first-order valence-electron chi connectivity index (χ1n) is 3.18. The van der Waals surface area contributed by atoms with Crippen LogP contribution in [0.15, 0.2) is 24.3 Å². The molecule has 60 valence electrons. The lowest BCUT2D eigenvalue weighted by molar-refractivity contribution is 0.174. The average molecular weight is 266 g/mol. The molecule has 0 amide bonds. The zero-order chi connectivity index (χ0) is 8.48. The largest absolute Gasteiger partial charge is 0.376 e. The Bertz CT molecular complexity index is 255. The van der Waals surface area contributed by atoms with Crippen LogP contribution in [0.2, 0.25) is 0 Å². The summed E-state index contributed by atoms with van der Waals surface area (Å²) in [4.78, 5) is 0. The van der Waals surface area contributed by atoms with Crippen molar-refractivity contribution >= 4 is 22.6 Å². The van der Waals surface area contributed by atoms with Gasteiger partial charge < -0.3 is 5.11 Å².